The van der Waals surface area contributed by atoms with Crippen molar-refractivity contribution in [2.24, 2.45) is 0 Å². The minimum atomic E-state index is -0.00294. The van der Waals surface area contributed by atoms with Gasteiger partial charge in [-0.25, -0.2) is 0 Å². The van der Waals surface area contributed by atoms with E-state index in [0.717, 1.165) is 61.2 Å². The van der Waals surface area contributed by atoms with E-state index >= 15 is 0 Å². The van der Waals surface area contributed by atoms with E-state index < -0.39 is 0 Å². The van der Waals surface area contributed by atoms with E-state index in [9.17, 15) is 9.59 Å². The molecule has 5 heteroatoms. The van der Waals surface area contributed by atoms with Crippen LogP contribution in [0.25, 0.3) is 0 Å². The van der Waals surface area contributed by atoms with Crippen LogP contribution in [0.2, 0.25) is 0 Å². The van der Waals surface area contributed by atoms with E-state index in [-0.39, 0.29) is 11.8 Å². The first kappa shape index (κ1) is 16.0. The Labute approximate surface area is 137 Å². The van der Waals surface area contributed by atoms with Crippen LogP contribution in [0.5, 0.6) is 0 Å². The highest BCUT2D eigenvalue weighted by atomic mass is 16.2. The molecule has 0 saturated carbocycles. The normalized spacial score (nSPS) is 16.5. The van der Waals surface area contributed by atoms with Crippen molar-refractivity contribution in [2.75, 3.05) is 38.6 Å². The van der Waals surface area contributed by atoms with Gasteiger partial charge in [0.05, 0.1) is 5.69 Å². The maximum atomic E-state index is 12.4. The van der Waals surface area contributed by atoms with Gasteiger partial charge in [0.15, 0.2) is 0 Å². The number of carbonyl (C=O) groups excluding carboxylic acids is 2. The molecule has 1 aromatic carbocycles. The number of benzene rings is 1. The topological polar surface area (TPSA) is 52.7 Å². The van der Waals surface area contributed by atoms with Crippen molar-refractivity contribution in [3.05, 3.63) is 28.8 Å². The van der Waals surface area contributed by atoms with E-state index in [0.29, 0.717) is 13.0 Å². The largest absolute Gasteiger partial charge is 0.352 e. The molecule has 0 bridgehead atoms. The molecule has 2 aliphatic heterocycles. The number of anilines is 1. The van der Waals surface area contributed by atoms with Crippen molar-refractivity contribution in [2.45, 2.75) is 32.1 Å². The van der Waals surface area contributed by atoms with Crippen molar-refractivity contribution in [1.29, 1.82) is 0 Å². The lowest BCUT2D eigenvalue weighted by Crippen LogP contribution is -2.39. The lowest BCUT2D eigenvalue weighted by Gasteiger charge is -2.35. The average Bonchev–Trinajstić information content (AvgIpc) is 2.54. The van der Waals surface area contributed by atoms with Gasteiger partial charge in [-0.1, -0.05) is 0 Å². The van der Waals surface area contributed by atoms with Gasteiger partial charge < -0.3 is 15.1 Å². The van der Waals surface area contributed by atoms with Gasteiger partial charge in [0.1, 0.15) is 0 Å². The number of carbonyl (C=O) groups is 2. The van der Waals surface area contributed by atoms with Crippen LogP contribution in [0.3, 0.4) is 0 Å². The quantitative estimate of drug-likeness (QED) is 0.840. The molecule has 1 N–H and O–H groups in total. The number of nitrogens with one attached hydrogen (secondary N) is 1. The van der Waals surface area contributed by atoms with Crippen LogP contribution in [0.1, 0.15) is 40.7 Å². The fourth-order valence-corrected chi connectivity index (χ4v) is 3.48. The van der Waals surface area contributed by atoms with Crippen LogP contribution in [0.4, 0.5) is 5.69 Å². The molecular formula is C18H25N3O2. The summed E-state index contributed by atoms with van der Waals surface area (Å²) in [6.45, 7) is 2.47. The third kappa shape index (κ3) is 3.39. The van der Waals surface area contributed by atoms with Crippen molar-refractivity contribution < 1.29 is 9.59 Å². The molecule has 1 aromatic rings. The van der Waals surface area contributed by atoms with E-state index in [1.807, 2.05) is 31.1 Å². The van der Waals surface area contributed by atoms with E-state index in [1.165, 1.54) is 0 Å². The number of nitrogens with zero attached hydrogens (tertiary/aromatic N) is 2. The number of hydrogen-bond acceptors (Lipinski definition) is 3. The molecule has 0 aliphatic carbocycles. The molecule has 0 saturated heterocycles. The minimum absolute atomic E-state index is 0.00294. The van der Waals surface area contributed by atoms with Gasteiger partial charge in [-0.05, 0) is 69.6 Å². The van der Waals surface area contributed by atoms with Crippen LogP contribution in [-0.2, 0) is 17.6 Å². The van der Waals surface area contributed by atoms with Gasteiger partial charge in [-0.2, -0.15) is 0 Å². The lowest BCUT2D eigenvalue weighted by atomic mass is 9.89. The third-order valence-corrected chi connectivity index (χ3v) is 4.60. The lowest BCUT2D eigenvalue weighted by molar-refractivity contribution is -0.119. The zero-order chi connectivity index (χ0) is 16.4. The first-order chi connectivity index (χ1) is 11.1. The summed E-state index contributed by atoms with van der Waals surface area (Å²) in [7, 11) is 4.06. The van der Waals surface area contributed by atoms with Crippen LogP contribution in [0.15, 0.2) is 12.1 Å². The van der Waals surface area contributed by atoms with Crippen molar-refractivity contribution in [1.82, 2.24) is 10.2 Å². The number of amides is 2. The second-order valence-electron chi connectivity index (χ2n) is 6.70. The van der Waals surface area contributed by atoms with Crippen LogP contribution < -0.4 is 10.2 Å². The predicted molar refractivity (Wildman–Crippen MR) is 90.9 cm³/mol. The molecular weight excluding hydrogens is 290 g/mol. The summed E-state index contributed by atoms with van der Waals surface area (Å²) in [6.07, 6.45) is 4.18. The smallest absolute Gasteiger partial charge is 0.251 e. The van der Waals surface area contributed by atoms with Crippen LogP contribution in [0, 0.1) is 0 Å². The summed E-state index contributed by atoms with van der Waals surface area (Å²) < 4.78 is 0. The predicted octanol–water partition coefficient (Wildman–Crippen LogP) is 1.59. The Morgan fingerprint density at radius 2 is 1.96 bits per heavy atom. The maximum absolute atomic E-state index is 12.4. The van der Waals surface area contributed by atoms with Gasteiger partial charge in [0, 0.05) is 25.1 Å². The highest BCUT2D eigenvalue weighted by Crippen LogP contribution is 2.36. The van der Waals surface area contributed by atoms with E-state index in [1.54, 1.807) is 0 Å². The molecule has 23 heavy (non-hydrogen) atoms. The number of rotatable bonds is 5. The molecule has 2 aliphatic rings. The average molecular weight is 315 g/mol. The zero-order valence-corrected chi connectivity index (χ0v) is 14.0. The number of hydrogen-bond donors (Lipinski definition) is 1. The summed E-state index contributed by atoms with van der Waals surface area (Å²) >= 11 is 0. The Bertz CT molecular complexity index is 608. The van der Waals surface area contributed by atoms with Gasteiger partial charge in [0.2, 0.25) is 5.91 Å². The molecule has 0 spiro atoms. The molecule has 0 aromatic heterocycles. The first-order valence-electron chi connectivity index (χ1n) is 8.45. The first-order valence-corrected chi connectivity index (χ1v) is 8.45. The summed E-state index contributed by atoms with van der Waals surface area (Å²) in [5, 5.41) is 3.00. The monoisotopic (exact) mass is 315 g/mol. The van der Waals surface area contributed by atoms with Gasteiger partial charge >= 0.3 is 0 Å². The molecule has 0 unspecified atom stereocenters. The highest BCUT2D eigenvalue weighted by Gasteiger charge is 2.30. The molecule has 0 radical (unpaired) electrons. The van der Waals surface area contributed by atoms with Crippen LogP contribution >= 0.6 is 0 Å². The summed E-state index contributed by atoms with van der Waals surface area (Å²) in [5.41, 5.74) is 4.12. The molecule has 2 amide bonds. The van der Waals surface area contributed by atoms with E-state index in [2.05, 4.69) is 10.2 Å². The number of aryl methyl sites for hydroxylation is 2. The second-order valence-corrected chi connectivity index (χ2v) is 6.70. The van der Waals surface area contributed by atoms with E-state index in [4.69, 9.17) is 0 Å². The Balaban J connectivity index is 1.75. The molecule has 2 heterocycles. The van der Waals surface area contributed by atoms with Crippen molar-refractivity contribution in [3.8, 4) is 0 Å². The minimum Gasteiger partial charge on any atom is -0.352 e. The zero-order valence-electron chi connectivity index (χ0n) is 14.0. The van der Waals surface area contributed by atoms with Gasteiger partial charge in [-0.15, -0.1) is 0 Å². The van der Waals surface area contributed by atoms with Crippen LogP contribution in [-0.4, -0.2) is 50.4 Å². The summed E-state index contributed by atoms with van der Waals surface area (Å²) in [4.78, 5) is 28.5. The Morgan fingerprint density at radius 1 is 1.22 bits per heavy atom. The van der Waals surface area contributed by atoms with Crippen molar-refractivity contribution in [3.63, 3.8) is 0 Å². The van der Waals surface area contributed by atoms with Crippen molar-refractivity contribution >= 4 is 17.5 Å². The molecule has 3 rings (SSSR count). The SMILES string of the molecule is CN(C)CCCNC(=O)c1cc2c3c(c1)CCC(=O)N3CCC2. The Kier molecular flexibility index (Phi) is 4.66. The fourth-order valence-electron chi connectivity index (χ4n) is 3.48. The highest BCUT2D eigenvalue weighted by molar-refractivity contribution is 6.00. The summed E-state index contributed by atoms with van der Waals surface area (Å²) in [5.74, 6) is 0.219. The molecule has 0 fully saturated rings. The van der Waals surface area contributed by atoms with Gasteiger partial charge in [-0.3, -0.25) is 9.59 Å². The third-order valence-electron chi connectivity index (χ3n) is 4.60. The molecule has 5 nitrogen and oxygen atoms in total. The van der Waals surface area contributed by atoms with Gasteiger partial charge in [0.25, 0.3) is 5.91 Å². The molecule has 124 valence electrons. The maximum Gasteiger partial charge on any atom is 0.251 e. The standard InChI is InChI=1S/C18H25N3O2/c1-20(2)9-4-8-19-18(23)15-11-13-5-3-10-21-16(22)7-6-14(12-15)17(13)21/h11-12H,3-10H2,1-2H3,(H,19,23). The summed E-state index contributed by atoms with van der Waals surface area (Å²) in [6, 6.07) is 3.95. The fraction of sp³-hybridized carbons (Fsp3) is 0.556. The Morgan fingerprint density at radius 3 is 2.70 bits per heavy atom. The second kappa shape index (κ2) is 6.71. The molecule has 0 atom stereocenters. The Hall–Kier alpha value is -1.88.